The summed E-state index contributed by atoms with van der Waals surface area (Å²) in [4.78, 5) is 0. The van der Waals surface area contributed by atoms with Gasteiger partial charge < -0.3 is 14.9 Å². The lowest BCUT2D eigenvalue weighted by atomic mass is 10.1. The lowest BCUT2D eigenvalue weighted by Crippen LogP contribution is -2.36. The molecule has 1 radical (unpaired) electrons. The van der Waals surface area contributed by atoms with Crippen LogP contribution in [0.5, 0.6) is 0 Å². The first-order valence-electron chi connectivity index (χ1n) is 6.14. The number of ether oxygens (including phenoxy) is 1. The van der Waals surface area contributed by atoms with Crippen molar-refractivity contribution >= 4 is 27.1 Å². The molecule has 2 N–H and O–H groups in total. The Morgan fingerprint density at radius 3 is 2.61 bits per heavy atom. The molecule has 0 spiro atoms. The summed E-state index contributed by atoms with van der Waals surface area (Å²) >= 11 is 4.37. The maximum absolute atomic E-state index is 9.82. The van der Waals surface area contributed by atoms with Crippen molar-refractivity contribution in [1.82, 2.24) is 0 Å². The molecule has 0 heterocycles. The predicted octanol–water partition coefficient (Wildman–Crippen LogP) is 1.32. The van der Waals surface area contributed by atoms with Crippen LogP contribution < -0.4 is 0 Å². The Labute approximate surface area is 117 Å². The standard InChI is InChI=1S/C12H22NO3SSi/c1-3-4-5-6-7-12(17,9-13)18-11(15)10(8-14)16-2/h10,14-15,17H,3-8H2,1-2H3. The Morgan fingerprint density at radius 2 is 2.17 bits per heavy atom. The van der Waals surface area contributed by atoms with Gasteiger partial charge >= 0.3 is 0 Å². The fourth-order valence-corrected chi connectivity index (χ4v) is 3.17. The lowest BCUT2D eigenvalue weighted by molar-refractivity contribution is 0.0852. The van der Waals surface area contributed by atoms with Crippen LogP contribution in [0.2, 0.25) is 0 Å². The Hall–Kier alpha value is -0.353. The molecule has 0 fully saturated rings. The van der Waals surface area contributed by atoms with Gasteiger partial charge in [0, 0.05) is 7.11 Å². The van der Waals surface area contributed by atoms with Crippen LogP contribution in [0.15, 0.2) is 0 Å². The number of hydrogen-bond donors (Lipinski definition) is 3. The molecular weight excluding hydrogens is 266 g/mol. The molecule has 18 heavy (non-hydrogen) atoms. The second-order valence-electron chi connectivity index (χ2n) is 4.20. The summed E-state index contributed by atoms with van der Waals surface area (Å²) < 4.78 is 4.06. The second kappa shape index (κ2) is 9.56. The quantitative estimate of drug-likeness (QED) is 0.340. The van der Waals surface area contributed by atoms with Crippen molar-refractivity contribution in [2.24, 2.45) is 0 Å². The molecular formula is C12H22NO3SSi. The summed E-state index contributed by atoms with van der Waals surface area (Å²) in [7, 11) is 1.26. The molecule has 0 bridgehead atoms. The highest BCUT2D eigenvalue weighted by Gasteiger charge is 2.26. The Balaban J connectivity index is 4.54. The van der Waals surface area contributed by atoms with Crippen molar-refractivity contribution in [3.05, 3.63) is 0 Å². The molecule has 0 aromatic carbocycles. The van der Waals surface area contributed by atoms with Gasteiger partial charge in [-0.1, -0.05) is 32.6 Å². The topological polar surface area (TPSA) is 73.5 Å². The minimum Gasteiger partial charge on any atom is -0.515 e. The van der Waals surface area contributed by atoms with Crippen LogP contribution in [0.3, 0.4) is 0 Å². The van der Waals surface area contributed by atoms with Crippen molar-refractivity contribution in [1.29, 1.82) is 5.26 Å². The molecule has 2 atom stereocenters. The molecule has 0 aromatic rings. The smallest absolute Gasteiger partial charge is 0.131 e. The Morgan fingerprint density at radius 1 is 1.50 bits per heavy atom. The summed E-state index contributed by atoms with van der Waals surface area (Å²) in [6, 6.07) is 2.15. The van der Waals surface area contributed by atoms with Gasteiger partial charge in [-0.3, -0.25) is 0 Å². The fourth-order valence-electron chi connectivity index (χ4n) is 1.52. The van der Waals surface area contributed by atoms with Crippen LogP contribution in [-0.4, -0.2) is 48.9 Å². The molecule has 0 saturated heterocycles. The molecule has 0 rings (SSSR count). The summed E-state index contributed by atoms with van der Waals surface area (Å²) in [5, 5.41) is 28.0. The normalized spacial score (nSPS) is 16.9. The van der Waals surface area contributed by atoms with E-state index in [4.69, 9.17) is 9.84 Å². The molecule has 0 aliphatic rings. The van der Waals surface area contributed by atoms with Gasteiger partial charge in [0.1, 0.15) is 19.6 Å². The van der Waals surface area contributed by atoms with E-state index < -0.39 is 10.5 Å². The van der Waals surface area contributed by atoms with E-state index in [1.165, 1.54) is 7.11 Å². The average Bonchev–Trinajstić information content (AvgIpc) is 2.36. The number of aliphatic hydroxyl groups excluding tert-OH is 2. The maximum Gasteiger partial charge on any atom is 0.131 e. The first kappa shape index (κ1) is 17.6. The van der Waals surface area contributed by atoms with E-state index in [0.717, 1.165) is 25.7 Å². The SMILES string of the molecule is CCCCCCC(S)(C#N)[Si]=C(O)C(CO)OC. The van der Waals surface area contributed by atoms with Gasteiger partial charge in [0.2, 0.25) is 0 Å². The second-order valence-corrected chi connectivity index (χ2v) is 7.00. The third-order valence-electron chi connectivity index (χ3n) is 2.67. The number of hydrogen-bond acceptors (Lipinski definition) is 5. The maximum atomic E-state index is 9.82. The molecule has 103 valence electrons. The van der Waals surface area contributed by atoms with Crippen molar-refractivity contribution in [2.45, 2.75) is 49.5 Å². The van der Waals surface area contributed by atoms with E-state index in [0.29, 0.717) is 6.42 Å². The lowest BCUT2D eigenvalue weighted by Gasteiger charge is -2.18. The molecule has 0 saturated carbocycles. The van der Waals surface area contributed by atoms with Crippen molar-refractivity contribution < 1.29 is 14.9 Å². The summed E-state index contributed by atoms with van der Waals surface area (Å²) in [6.45, 7) is 1.84. The van der Waals surface area contributed by atoms with Crippen molar-refractivity contribution in [2.75, 3.05) is 13.7 Å². The third-order valence-corrected chi connectivity index (χ3v) is 4.68. The first-order valence-corrected chi connectivity index (χ1v) is 7.59. The van der Waals surface area contributed by atoms with Gasteiger partial charge in [-0.2, -0.15) is 17.9 Å². The van der Waals surface area contributed by atoms with Crippen molar-refractivity contribution in [3.8, 4) is 6.07 Å². The van der Waals surface area contributed by atoms with Crippen LogP contribution in [0.4, 0.5) is 0 Å². The average molecular weight is 288 g/mol. The van der Waals surface area contributed by atoms with E-state index in [2.05, 4.69) is 25.6 Å². The van der Waals surface area contributed by atoms with Gasteiger partial charge in [0.25, 0.3) is 0 Å². The Kier molecular flexibility index (Phi) is 9.37. The van der Waals surface area contributed by atoms with Gasteiger partial charge in [0.05, 0.1) is 18.0 Å². The fraction of sp³-hybridized carbons (Fsp3) is 0.833. The van der Waals surface area contributed by atoms with Gasteiger partial charge in [0.15, 0.2) is 0 Å². The van der Waals surface area contributed by atoms with Crippen LogP contribution in [0, 0.1) is 11.3 Å². The van der Waals surface area contributed by atoms with E-state index in [9.17, 15) is 10.4 Å². The number of methoxy groups -OCH3 is 1. The first-order chi connectivity index (χ1) is 8.52. The van der Waals surface area contributed by atoms with Gasteiger partial charge in [-0.25, -0.2) is 0 Å². The highest BCUT2D eigenvalue weighted by atomic mass is 32.1. The summed E-state index contributed by atoms with van der Waals surface area (Å²) in [6.07, 6.45) is 4.19. The molecule has 2 unspecified atom stereocenters. The molecule has 6 heteroatoms. The van der Waals surface area contributed by atoms with E-state index in [1.54, 1.807) is 0 Å². The van der Waals surface area contributed by atoms with E-state index in [-0.39, 0.29) is 21.1 Å². The van der Waals surface area contributed by atoms with E-state index >= 15 is 0 Å². The number of thiol groups is 1. The Bertz CT molecular complexity index is 302. The molecule has 0 aromatic heterocycles. The van der Waals surface area contributed by atoms with E-state index in [1.807, 2.05) is 0 Å². The largest absolute Gasteiger partial charge is 0.515 e. The third kappa shape index (κ3) is 6.54. The molecule has 0 aliphatic carbocycles. The minimum absolute atomic E-state index is 0.00652. The number of nitriles is 1. The molecule has 0 aliphatic heterocycles. The minimum atomic E-state index is -0.857. The number of aliphatic hydroxyl groups is 2. The zero-order valence-electron chi connectivity index (χ0n) is 11.0. The van der Waals surface area contributed by atoms with Gasteiger partial charge in [-0.05, 0) is 6.42 Å². The van der Waals surface area contributed by atoms with Crippen LogP contribution >= 0.6 is 12.6 Å². The summed E-state index contributed by atoms with van der Waals surface area (Å²) in [5.41, 5.74) is 0. The summed E-state index contributed by atoms with van der Waals surface area (Å²) in [5.74, 6) is 0. The van der Waals surface area contributed by atoms with Crippen molar-refractivity contribution in [3.63, 3.8) is 0 Å². The van der Waals surface area contributed by atoms with Crippen LogP contribution in [0.25, 0.3) is 0 Å². The zero-order chi connectivity index (χ0) is 14.0. The monoisotopic (exact) mass is 288 g/mol. The zero-order valence-corrected chi connectivity index (χ0v) is 12.9. The number of unbranched alkanes of at least 4 members (excludes halogenated alkanes) is 3. The molecule has 0 amide bonds. The number of rotatable bonds is 9. The van der Waals surface area contributed by atoms with Gasteiger partial charge in [-0.15, -0.1) is 0 Å². The highest BCUT2D eigenvalue weighted by molar-refractivity contribution is 7.83. The number of nitrogens with zero attached hydrogens (tertiary/aromatic N) is 1. The predicted molar refractivity (Wildman–Crippen MR) is 76.7 cm³/mol. The molecule has 4 nitrogen and oxygen atoms in total. The van der Waals surface area contributed by atoms with Crippen LogP contribution in [-0.2, 0) is 4.74 Å². The van der Waals surface area contributed by atoms with Crippen LogP contribution in [0.1, 0.15) is 39.0 Å². The highest BCUT2D eigenvalue weighted by Crippen LogP contribution is 2.19.